The van der Waals surface area contributed by atoms with Gasteiger partial charge in [-0.2, -0.15) is 0 Å². The van der Waals surface area contributed by atoms with Gasteiger partial charge in [0.15, 0.2) is 0 Å². The lowest BCUT2D eigenvalue weighted by molar-refractivity contribution is -0.133. The quantitative estimate of drug-likeness (QED) is 0.581. The molecule has 0 aromatic heterocycles. The van der Waals surface area contributed by atoms with Crippen molar-refractivity contribution in [3.05, 3.63) is 40.5 Å². The number of benzene rings is 1. The van der Waals surface area contributed by atoms with Crippen molar-refractivity contribution in [1.82, 2.24) is 0 Å². The van der Waals surface area contributed by atoms with E-state index >= 15 is 0 Å². The molecule has 3 rings (SSSR count). The van der Waals surface area contributed by atoms with Crippen LogP contribution in [-0.4, -0.2) is 23.0 Å². The molecule has 4 heteroatoms. The van der Waals surface area contributed by atoms with Gasteiger partial charge in [0.1, 0.15) is 17.6 Å². The minimum Gasteiger partial charge on any atom is -0.487 e. The molecular formula is C22H28O4. The number of aliphatic carboxylic acids is 1. The summed E-state index contributed by atoms with van der Waals surface area (Å²) >= 11 is 0. The van der Waals surface area contributed by atoms with Gasteiger partial charge in [0.05, 0.1) is 0 Å². The Hall–Kier alpha value is -2.10. The van der Waals surface area contributed by atoms with E-state index in [1.54, 1.807) is 0 Å². The summed E-state index contributed by atoms with van der Waals surface area (Å²) in [7, 11) is 0. The highest BCUT2D eigenvalue weighted by Gasteiger charge is 2.45. The fraction of sp³-hybridized carbons (Fsp3) is 0.545. The number of allylic oxidation sites excluding steroid dienone is 1. The molecule has 0 fully saturated rings. The Labute approximate surface area is 155 Å². The number of rotatable bonds is 6. The summed E-state index contributed by atoms with van der Waals surface area (Å²) in [5, 5.41) is 9.43. The SMILES string of the molecule is CCCCCc1cc(C=O)c2c(c1)OC(C)(C)C1CCC(C(=O)O)=CC21. The molecule has 2 atom stereocenters. The standard InChI is InChI=1S/C22H28O4/c1-4-5-6-7-14-10-16(13-23)20-17-12-15(21(24)25)8-9-18(17)22(2,3)26-19(20)11-14/h10-13,17-18H,4-9H2,1-3H3,(H,24,25). The topological polar surface area (TPSA) is 63.6 Å². The molecule has 1 N–H and O–H groups in total. The molecule has 1 aliphatic carbocycles. The van der Waals surface area contributed by atoms with Gasteiger partial charge < -0.3 is 9.84 Å². The fourth-order valence-electron chi connectivity index (χ4n) is 4.48. The first-order valence-corrected chi connectivity index (χ1v) is 9.62. The van der Waals surface area contributed by atoms with Gasteiger partial charge in [0, 0.05) is 28.5 Å². The van der Waals surface area contributed by atoms with Crippen LogP contribution >= 0.6 is 0 Å². The molecule has 2 aliphatic rings. The molecule has 4 nitrogen and oxygen atoms in total. The maximum absolute atomic E-state index is 11.8. The molecular weight excluding hydrogens is 328 g/mol. The summed E-state index contributed by atoms with van der Waals surface area (Å²) in [5.41, 5.74) is 2.68. The lowest BCUT2D eigenvalue weighted by atomic mass is 9.67. The number of aryl methyl sites for hydroxylation is 1. The zero-order valence-corrected chi connectivity index (χ0v) is 15.9. The van der Waals surface area contributed by atoms with E-state index in [1.165, 1.54) is 0 Å². The van der Waals surface area contributed by atoms with Gasteiger partial charge in [0.2, 0.25) is 0 Å². The van der Waals surface area contributed by atoms with Crippen LogP contribution in [0.2, 0.25) is 0 Å². The average Bonchev–Trinajstić information content (AvgIpc) is 2.60. The minimum absolute atomic E-state index is 0.0847. The number of hydrogen-bond donors (Lipinski definition) is 1. The van der Waals surface area contributed by atoms with E-state index in [1.807, 2.05) is 12.1 Å². The largest absolute Gasteiger partial charge is 0.487 e. The fourth-order valence-corrected chi connectivity index (χ4v) is 4.48. The van der Waals surface area contributed by atoms with Gasteiger partial charge in [-0.3, -0.25) is 4.79 Å². The third-order valence-electron chi connectivity index (χ3n) is 5.84. The van der Waals surface area contributed by atoms with Gasteiger partial charge in [-0.15, -0.1) is 0 Å². The van der Waals surface area contributed by atoms with Crippen LogP contribution in [0.25, 0.3) is 0 Å². The van der Waals surface area contributed by atoms with Crippen LogP contribution in [0.3, 0.4) is 0 Å². The van der Waals surface area contributed by atoms with Crippen LogP contribution in [0.4, 0.5) is 0 Å². The van der Waals surface area contributed by atoms with Crippen LogP contribution in [0.5, 0.6) is 5.75 Å². The number of carboxylic acids is 1. The van der Waals surface area contributed by atoms with E-state index in [0.29, 0.717) is 17.6 Å². The van der Waals surface area contributed by atoms with E-state index in [4.69, 9.17) is 4.74 Å². The Balaban J connectivity index is 2.07. The second-order valence-electron chi connectivity index (χ2n) is 8.05. The molecule has 26 heavy (non-hydrogen) atoms. The summed E-state index contributed by atoms with van der Waals surface area (Å²) in [4.78, 5) is 23.3. The Kier molecular flexibility index (Phi) is 5.22. The first-order valence-electron chi connectivity index (χ1n) is 9.62. The number of ether oxygens (including phenoxy) is 1. The Morgan fingerprint density at radius 3 is 2.77 bits per heavy atom. The number of unbranched alkanes of at least 4 members (excludes halogenated alkanes) is 2. The highest BCUT2D eigenvalue weighted by atomic mass is 16.5. The van der Waals surface area contributed by atoms with Gasteiger partial charge in [-0.1, -0.05) is 25.8 Å². The Morgan fingerprint density at radius 1 is 1.35 bits per heavy atom. The van der Waals surface area contributed by atoms with Crippen molar-refractivity contribution in [3.8, 4) is 5.75 Å². The van der Waals surface area contributed by atoms with Gasteiger partial charge >= 0.3 is 5.97 Å². The van der Waals surface area contributed by atoms with E-state index in [0.717, 1.165) is 55.3 Å². The monoisotopic (exact) mass is 356 g/mol. The number of hydrogen-bond acceptors (Lipinski definition) is 3. The van der Waals surface area contributed by atoms with Gasteiger partial charge in [-0.25, -0.2) is 4.79 Å². The number of fused-ring (bicyclic) bond motifs is 3. The minimum atomic E-state index is -0.863. The maximum Gasteiger partial charge on any atom is 0.331 e. The van der Waals surface area contributed by atoms with Crippen LogP contribution < -0.4 is 4.74 Å². The molecule has 1 heterocycles. The lowest BCUT2D eigenvalue weighted by Crippen LogP contribution is -2.45. The Bertz CT molecular complexity index is 745. The number of carbonyl (C=O) groups is 2. The van der Waals surface area contributed by atoms with E-state index < -0.39 is 5.97 Å². The molecule has 0 bridgehead atoms. The van der Waals surface area contributed by atoms with E-state index in [2.05, 4.69) is 26.8 Å². The number of carbonyl (C=O) groups excluding carboxylic acids is 1. The lowest BCUT2D eigenvalue weighted by Gasteiger charge is -2.46. The van der Waals surface area contributed by atoms with Crippen molar-refractivity contribution in [2.75, 3.05) is 0 Å². The summed E-state index contributed by atoms with van der Waals surface area (Å²) in [6.07, 6.45) is 8.38. The van der Waals surface area contributed by atoms with Crippen LogP contribution in [0.15, 0.2) is 23.8 Å². The van der Waals surface area contributed by atoms with Crippen molar-refractivity contribution >= 4 is 12.3 Å². The van der Waals surface area contributed by atoms with Crippen LogP contribution in [0, 0.1) is 5.92 Å². The Morgan fingerprint density at radius 2 is 2.12 bits per heavy atom. The van der Waals surface area contributed by atoms with Crippen molar-refractivity contribution in [1.29, 1.82) is 0 Å². The molecule has 0 radical (unpaired) electrons. The third-order valence-corrected chi connectivity index (χ3v) is 5.84. The van der Waals surface area contributed by atoms with Crippen LogP contribution in [0.1, 0.15) is 80.3 Å². The smallest absolute Gasteiger partial charge is 0.331 e. The van der Waals surface area contributed by atoms with Gasteiger partial charge in [-0.05, 0) is 57.2 Å². The number of aldehydes is 1. The predicted molar refractivity (Wildman–Crippen MR) is 101 cm³/mol. The molecule has 0 saturated carbocycles. The third kappa shape index (κ3) is 3.42. The molecule has 2 unspecified atom stereocenters. The molecule has 1 aromatic carbocycles. The number of carboxylic acid groups (broad SMARTS) is 1. The first-order chi connectivity index (χ1) is 12.4. The highest BCUT2D eigenvalue weighted by molar-refractivity contribution is 5.87. The zero-order valence-electron chi connectivity index (χ0n) is 15.9. The second-order valence-corrected chi connectivity index (χ2v) is 8.05. The van der Waals surface area contributed by atoms with Crippen molar-refractivity contribution < 1.29 is 19.4 Å². The van der Waals surface area contributed by atoms with E-state index in [-0.39, 0.29) is 17.4 Å². The first kappa shape index (κ1) is 18.7. The van der Waals surface area contributed by atoms with Crippen molar-refractivity contribution in [2.45, 2.75) is 70.8 Å². The highest BCUT2D eigenvalue weighted by Crippen LogP contribution is 2.51. The predicted octanol–water partition coefficient (Wildman–Crippen LogP) is 4.91. The molecule has 140 valence electrons. The average molecular weight is 356 g/mol. The normalized spacial score (nSPS) is 23.3. The zero-order chi connectivity index (χ0) is 18.9. The van der Waals surface area contributed by atoms with Crippen molar-refractivity contribution in [3.63, 3.8) is 0 Å². The van der Waals surface area contributed by atoms with Crippen LogP contribution in [-0.2, 0) is 11.2 Å². The maximum atomic E-state index is 11.8. The van der Waals surface area contributed by atoms with E-state index in [9.17, 15) is 14.7 Å². The molecule has 0 saturated heterocycles. The molecule has 1 aromatic rings. The molecule has 0 amide bonds. The summed E-state index contributed by atoms with van der Waals surface area (Å²) in [5.74, 6) is -0.0328. The summed E-state index contributed by atoms with van der Waals surface area (Å²) in [6, 6.07) is 4.02. The molecule has 0 spiro atoms. The summed E-state index contributed by atoms with van der Waals surface area (Å²) in [6.45, 7) is 6.31. The van der Waals surface area contributed by atoms with Crippen molar-refractivity contribution in [2.24, 2.45) is 5.92 Å². The molecule has 1 aliphatic heterocycles. The second kappa shape index (κ2) is 7.26. The van der Waals surface area contributed by atoms with Gasteiger partial charge in [0.25, 0.3) is 0 Å². The summed E-state index contributed by atoms with van der Waals surface area (Å²) < 4.78 is 6.34.